The van der Waals surface area contributed by atoms with Crippen LogP contribution in [-0.4, -0.2) is 34.9 Å². The number of aromatic nitrogens is 3. The zero-order chi connectivity index (χ0) is 17.2. The minimum Gasteiger partial charge on any atom is -0.491 e. The van der Waals surface area contributed by atoms with Gasteiger partial charge in [-0.15, -0.1) is 0 Å². The van der Waals surface area contributed by atoms with Crippen molar-refractivity contribution >= 4 is 37.9 Å². The lowest BCUT2D eigenvalue weighted by Crippen LogP contribution is -2.04. The molecule has 0 saturated heterocycles. The van der Waals surface area contributed by atoms with Crippen LogP contribution in [0.25, 0.3) is 27.8 Å². The number of pyridine rings is 1. The number of benzene rings is 2. The second-order valence-electron chi connectivity index (χ2n) is 5.59. The Morgan fingerprint density at radius 3 is 2.88 bits per heavy atom. The Bertz CT molecular complexity index is 1050. The summed E-state index contributed by atoms with van der Waals surface area (Å²) in [5, 5.41) is 1.09. The minimum atomic E-state index is 0.517. The van der Waals surface area contributed by atoms with Crippen molar-refractivity contribution in [2.24, 2.45) is 0 Å². The van der Waals surface area contributed by atoms with E-state index in [-0.39, 0.29) is 0 Å². The number of halogens is 1. The maximum Gasteiger partial charge on any atom is 0.139 e. The van der Waals surface area contributed by atoms with Crippen molar-refractivity contribution in [3.63, 3.8) is 0 Å². The van der Waals surface area contributed by atoms with Crippen LogP contribution >= 0.6 is 15.9 Å². The number of para-hydroxylation sites is 1. The predicted octanol–water partition coefficient (Wildman–Crippen LogP) is 4.36. The number of imidazole rings is 1. The van der Waals surface area contributed by atoms with Gasteiger partial charge >= 0.3 is 0 Å². The van der Waals surface area contributed by atoms with E-state index in [1.807, 2.05) is 47.0 Å². The van der Waals surface area contributed by atoms with Gasteiger partial charge in [0.2, 0.25) is 0 Å². The number of methoxy groups -OCH3 is 1. The fraction of sp³-hybridized carbons (Fsp3) is 0.158. The normalized spacial score (nSPS) is 11.3. The van der Waals surface area contributed by atoms with Crippen LogP contribution in [0.4, 0.5) is 0 Å². The monoisotopic (exact) mass is 397 g/mol. The fourth-order valence-corrected chi connectivity index (χ4v) is 3.21. The van der Waals surface area contributed by atoms with Gasteiger partial charge in [-0.05, 0) is 46.3 Å². The molecule has 2 heterocycles. The van der Waals surface area contributed by atoms with Gasteiger partial charge in [0.1, 0.15) is 24.5 Å². The Kier molecular flexibility index (Phi) is 4.38. The highest BCUT2D eigenvalue weighted by molar-refractivity contribution is 9.10. The molecule has 0 aliphatic heterocycles. The number of nitrogens with zero attached hydrogens (tertiary/aromatic N) is 3. The van der Waals surface area contributed by atoms with Gasteiger partial charge in [-0.25, -0.2) is 9.97 Å². The van der Waals surface area contributed by atoms with E-state index in [4.69, 9.17) is 14.5 Å². The van der Waals surface area contributed by atoms with Crippen molar-refractivity contribution in [3.05, 3.63) is 59.3 Å². The zero-order valence-corrected chi connectivity index (χ0v) is 15.2. The van der Waals surface area contributed by atoms with Gasteiger partial charge in [-0.1, -0.05) is 12.1 Å². The Morgan fingerprint density at radius 1 is 1.08 bits per heavy atom. The van der Waals surface area contributed by atoms with Crippen LogP contribution in [-0.2, 0) is 4.74 Å². The van der Waals surface area contributed by atoms with Gasteiger partial charge in [-0.2, -0.15) is 0 Å². The first-order valence-electron chi connectivity index (χ1n) is 7.91. The Balaban J connectivity index is 1.73. The first-order valence-corrected chi connectivity index (χ1v) is 8.70. The molecule has 126 valence electrons. The summed E-state index contributed by atoms with van der Waals surface area (Å²) in [6, 6.07) is 16.0. The highest BCUT2D eigenvalue weighted by Gasteiger charge is 2.09. The predicted molar refractivity (Wildman–Crippen MR) is 101 cm³/mol. The summed E-state index contributed by atoms with van der Waals surface area (Å²) in [6.45, 7) is 1.07. The van der Waals surface area contributed by atoms with E-state index < -0.39 is 0 Å². The molecule has 4 rings (SSSR count). The summed E-state index contributed by atoms with van der Waals surface area (Å²) in [4.78, 5) is 9.27. The third kappa shape index (κ3) is 3.10. The first kappa shape index (κ1) is 16.1. The topological polar surface area (TPSA) is 49.2 Å². The molecule has 0 radical (unpaired) electrons. The molecule has 5 nitrogen and oxygen atoms in total. The summed E-state index contributed by atoms with van der Waals surface area (Å²) in [5.74, 6) is 1.61. The average Bonchev–Trinajstić information content (AvgIpc) is 3.05. The first-order chi connectivity index (χ1) is 12.3. The number of fused-ring (bicyclic) bond motifs is 2. The van der Waals surface area contributed by atoms with Crippen LogP contribution in [0.5, 0.6) is 5.75 Å². The standard InChI is InChI=1S/C19H16BrN3O2/c1-24-9-10-25-14-6-7-17-16(11-14)21-12-23(17)18-8-5-13-3-2-4-15(20)19(13)22-18/h2-8,11-12H,9-10H2,1H3. The van der Waals surface area contributed by atoms with Crippen molar-refractivity contribution in [1.29, 1.82) is 0 Å². The molecule has 0 saturated carbocycles. The molecule has 4 aromatic rings. The molecule has 25 heavy (non-hydrogen) atoms. The fourth-order valence-electron chi connectivity index (χ4n) is 2.74. The van der Waals surface area contributed by atoms with E-state index in [0.29, 0.717) is 13.2 Å². The molecule has 0 aliphatic rings. The van der Waals surface area contributed by atoms with E-state index in [2.05, 4.69) is 27.0 Å². The minimum absolute atomic E-state index is 0.517. The Labute approximate surface area is 153 Å². The van der Waals surface area contributed by atoms with Gasteiger partial charge in [-0.3, -0.25) is 4.57 Å². The molecule has 6 heteroatoms. The summed E-state index contributed by atoms with van der Waals surface area (Å²) in [7, 11) is 1.66. The maximum atomic E-state index is 5.65. The number of ether oxygens (including phenoxy) is 2. The van der Waals surface area contributed by atoms with Crippen LogP contribution in [0.15, 0.2) is 59.3 Å². The summed E-state index contributed by atoms with van der Waals surface area (Å²) in [6.07, 6.45) is 1.79. The van der Waals surface area contributed by atoms with Gasteiger partial charge in [0.15, 0.2) is 0 Å². The zero-order valence-electron chi connectivity index (χ0n) is 13.6. The lowest BCUT2D eigenvalue weighted by atomic mass is 10.2. The third-order valence-corrected chi connectivity index (χ3v) is 4.62. The number of rotatable bonds is 5. The van der Waals surface area contributed by atoms with Crippen LogP contribution in [0, 0.1) is 0 Å². The molecular formula is C19H16BrN3O2. The van der Waals surface area contributed by atoms with Crippen LogP contribution < -0.4 is 4.74 Å². The molecule has 0 spiro atoms. The highest BCUT2D eigenvalue weighted by atomic mass is 79.9. The third-order valence-electron chi connectivity index (χ3n) is 3.98. The summed E-state index contributed by atoms with van der Waals surface area (Å²) in [5.41, 5.74) is 2.78. The molecular weight excluding hydrogens is 382 g/mol. The van der Waals surface area contributed by atoms with Gasteiger partial charge in [0, 0.05) is 23.0 Å². The molecule has 0 bridgehead atoms. The second kappa shape index (κ2) is 6.82. The maximum absolute atomic E-state index is 5.65. The Hall–Kier alpha value is -2.44. The van der Waals surface area contributed by atoms with Crippen molar-refractivity contribution in [3.8, 4) is 11.6 Å². The molecule has 0 fully saturated rings. The van der Waals surface area contributed by atoms with E-state index in [0.717, 1.165) is 38.0 Å². The van der Waals surface area contributed by atoms with Crippen molar-refractivity contribution < 1.29 is 9.47 Å². The SMILES string of the molecule is COCCOc1ccc2c(c1)ncn2-c1ccc2cccc(Br)c2n1. The van der Waals surface area contributed by atoms with E-state index >= 15 is 0 Å². The van der Waals surface area contributed by atoms with Crippen molar-refractivity contribution in [1.82, 2.24) is 14.5 Å². The number of hydrogen-bond donors (Lipinski definition) is 0. The molecule has 2 aromatic carbocycles. The van der Waals surface area contributed by atoms with Gasteiger partial charge in [0.05, 0.1) is 23.2 Å². The Morgan fingerprint density at radius 2 is 2.00 bits per heavy atom. The second-order valence-corrected chi connectivity index (χ2v) is 6.44. The van der Waals surface area contributed by atoms with Crippen molar-refractivity contribution in [2.75, 3.05) is 20.3 Å². The van der Waals surface area contributed by atoms with Gasteiger partial charge in [0.25, 0.3) is 0 Å². The van der Waals surface area contributed by atoms with Crippen LogP contribution in [0.1, 0.15) is 0 Å². The lowest BCUT2D eigenvalue weighted by molar-refractivity contribution is 0.146. The quantitative estimate of drug-likeness (QED) is 0.469. The van der Waals surface area contributed by atoms with E-state index in [1.54, 1.807) is 13.4 Å². The number of hydrogen-bond acceptors (Lipinski definition) is 4. The summed E-state index contributed by atoms with van der Waals surface area (Å²) < 4.78 is 13.6. The lowest BCUT2D eigenvalue weighted by Gasteiger charge is -2.08. The molecule has 0 aliphatic carbocycles. The largest absolute Gasteiger partial charge is 0.491 e. The average molecular weight is 398 g/mol. The van der Waals surface area contributed by atoms with E-state index in [9.17, 15) is 0 Å². The molecule has 0 amide bonds. The molecule has 2 aromatic heterocycles. The van der Waals surface area contributed by atoms with Crippen LogP contribution in [0.2, 0.25) is 0 Å². The van der Waals surface area contributed by atoms with Crippen LogP contribution in [0.3, 0.4) is 0 Å². The van der Waals surface area contributed by atoms with Gasteiger partial charge < -0.3 is 9.47 Å². The smallest absolute Gasteiger partial charge is 0.139 e. The van der Waals surface area contributed by atoms with Crippen molar-refractivity contribution in [2.45, 2.75) is 0 Å². The molecule has 0 unspecified atom stereocenters. The summed E-state index contributed by atoms with van der Waals surface area (Å²) >= 11 is 3.57. The molecule has 0 atom stereocenters. The molecule has 0 N–H and O–H groups in total. The van der Waals surface area contributed by atoms with E-state index in [1.165, 1.54) is 0 Å². The highest BCUT2D eigenvalue weighted by Crippen LogP contribution is 2.26.